The first-order valence-corrected chi connectivity index (χ1v) is 6.68. The van der Waals surface area contributed by atoms with E-state index in [1.54, 1.807) is 0 Å². The Kier molecular flexibility index (Phi) is 3.21. The quantitative estimate of drug-likeness (QED) is 0.817. The first-order chi connectivity index (χ1) is 7.89. The van der Waals surface area contributed by atoms with Crippen LogP contribution in [0.15, 0.2) is 12.1 Å². The Bertz CT molecular complexity index is 418. The molecule has 0 amide bonds. The molecule has 2 rings (SSSR count). The summed E-state index contributed by atoms with van der Waals surface area (Å²) < 4.78 is 0. The molecule has 17 heavy (non-hydrogen) atoms. The average molecular weight is 253 g/mol. The second-order valence-electron chi connectivity index (χ2n) is 5.75. The molecule has 0 aromatic carbocycles. The van der Waals surface area contributed by atoms with Crippen molar-refractivity contribution >= 4 is 11.6 Å². The summed E-state index contributed by atoms with van der Waals surface area (Å²) in [6, 6.07) is 3.96. The van der Waals surface area contributed by atoms with Crippen molar-refractivity contribution in [2.45, 2.75) is 40.2 Å². The van der Waals surface area contributed by atoms with Gasteiger partial charge in [-0.2, -0.15) is 0 Å². The van der Waals surface area contributed by atoms with Crippen molar-refractivity contribution in [1.29, 1.82) is 0 Å². The Morgan fingerprint density at radius 2 is 1.88 bits per heavy atom. The third-order valence-corrected chi connectivity index (χ3v) is 4.72. The second-order valence-corrected chi connectivity index (χ2v) is 6.13. The molecule has 2 N–H and O–H groups in total. The molecule has 3 heteroatoms. The minimum Gasteiger partial charge on any atom is -0.323 e. The molecule has 1 aromatic rings. The van der Waals surface area contributed by atoms with Crippen molar-refractivity contribution in [2.75, 3.05) is 0 Å². The zero-order chi connectivity index (χ0) is 12.8. The van der Waals surface area contributed by atoms with Crippen LogP contribution in [0.4, 0.5) is 0 Å². The summed E-state index contributed by atoms with van der Waals surface area (Å²) in [6.45, 7) is 9.03. The zero-order valence-electron chi connectivity index (χ0n) is 11.0. The number of fused-ring (bicyclic) bond motifs is 1. The number of pyridine rings is 1. The van der Waals surface area contributed by atoms with Gasteiger partial charge in [0, 0.05) is 11.7 Å². The van der Waals surface area contributed by atoms with Crippen molar-refractivity contribution in [1.82, 2.24) is 4.98 Å². The molecule has 1 aromatic heterocycles. The Hall–Kier alpha value is -0.600. The molecule has 0 unspecified atom stereocenters. The highest BCUT2D eigenvalue weighted by Gasteiger charge is 2.49. The first kappa shape index (κ1) is 12.8. The number of halogens is 1. The summed E-state index contributed by atoms with van der Waals surface area (Å²) in [4.78, 5) is 4.45. The first-order valence-electron chi connectivity index (χ1n) is 6.30. The molecule has 2 nitrogen and oxygen atoms in total. The maximum Gasteiger partial charge on any atom is 0.129 e. The van der Waals surface area contributed by atoms with Crippen LogP contribution < -0.4 is 5.73 Å². The Labute approximate surface area is 109 Å². The topological polar surface area (TPSA) is 38.9 Å². The van der Waals surface area contributed by atoms with Crippen LogP contribution in [0.25, 0.3) is 0 Å². The third-order valence-electron chi connectivity index (χ3n) is 4.51. The lowest BCUT2D eigenvalue weighted by Crippen LogP contribution is -2.41. The lowest BCUT2D eigenvalue weighted by Gasteiger charge is -2.41. The molecule has 1 heterocycles. The molecule has 0 spiro atoms. The minimum absolute atomic E-state index is 0.0715. The van der Waals surface area contributed by atoms with Gasteiger partial charge in [-0.3, -0.25) is 0 Å². The largest absolute Gasteiger partial charge is 0.323 e. The maximum absolute atomic E-state index is 6.49. The fraction of sp³-hybridized carbons (Fsp3) is 0.643. The minimum atomic E-state index is 0.0715. The smallest absolute Gasteiger partial charge is 0.129 e. The summed E-state index contributed by atoms with van der Waals surface area (Å²) in [7, 11) is 0. The molecular weight excluding hydrogens is 232 g/mol. The van der Waals surface area contributed by atoms with Crippen molar-refractivity contribution in [3.63, 3.8) is 0 Å². The number of nitrogens with zero attached hydrogens (tertiary/aromatic N) is 1. The number of hydrogen-bond acceptors (Lipinski definition) is 2. The van der Waals surface area contributed by atoms with E-state index in [1.165, 1.54) is 5.56 Å². The fourth-order valence-corrected chi connectivity index (χ4v) is 3.56. The molecule has 1 aliphatic rings. The molecular formula is C14H21ClN2. The van der Waals surface area contributed by atoms with Crippen LogP contribution in [0.1, 0.15) is 45.0 Å². The Balaban J connectivity index is 2.50. The van der Waals surface area contributed by atoms with Gasteiger partial charge in [0.25, 0.3) is 0 Å². The van der Waals surface area contributed by atoms with Crippen LogP contribution in [0.2, 0.25) is 5.15 Å². The predicted octanol–water partition coefficient (Wildman–Crippen LogP) is 3.59. The van der Waals surface area contributed by atoms with Crippen LogP contribution in [0, 0.1) is 17.3 Å². The highest BCUT2D eigenvalue weighted by atomic mass is 35.5. The van der Waals surface area contributed by atoms with Crippen LogP contribution in [-0.2, 0) is 6.42 Å². The average Bonchev–Trinajstić information content (AvgIpc) is 2.52. The van der Waals surface area contributed by atoms with Crippen LogP contribution in [-0.4, -0.2) is 4.98 Å². The van der Waals surface area contributed by atoms with E-state index in [9.17, 15) is 0 Å². The van der Waals surface area contributed by atoms with Crippen LogP contribution in [0.3, 0.4) is 0 Å². The van der Waals surface area contributed by atoms with E-state index in [2.05, 4.69) is 32.7 Å². The Morgan fingerprint density at radius 1 is 1.29 bits per heavy atom. The molecule has 1 atom stereocenters. The van der Waals surface area contributed by atoms with E-state index in [-0.39, 0.29) is 11.5 Å². The molecule has 0 fully saturated rings. The molecule has 94 valence electrons. The van der Waals surface area contributed by atoms with Gasteiger partial charge in [-0.15, -0.1) is 0 Å². The molecule has 0 aliphatic heterocycles. The monoisotopic (exact) mass is 252 g/mol. The van der Waals surface area contributed by atoms with Crippen molar-refractivity contribution < 1.29 is 0 Å². The molecule has 0 bridgehead atoms. The SMILES string of the molecule is CC(C)C1(C(C)C)Cc2nc(Cl)ccc2[C@H]1N. The van der Waals surface area contributed by atoms with Gasteiger partial charge in [-0.25, -0.2) is 4.98 Å². The van der Waals surface area contributed by atoms with Gasteiger partial charge < -0.3 is 5.73 Å². The lowest BCUT2D eigenvalue weighted by atomic mass is 9.65. The van der Waals surface area contributed by atoms with E-state index < -0.39 is 0 Å². The number of aromatic nitrogens is 1. The highest BCUT2D eigenvalue weighted by Crippen LogP contribution is 2.53. The molecule has 0 saturated carbocycles. The fourth-order valence-electron chi connectivity index (χ4n) is 3.39. The lowest BCUT2D eigenvalue weighted by molar-refractivity contribution is 0.0891. The molecule has 0 saturated heterocycles. The second kappa shape index (κ2) is 4.25. The van der Waals surface area contributed by atoms with E-state index in [1.807, 2.05) is 12.1 Å². The standard InChI is InChI=1S/C14H21ClN2/c1-8(2)14(9(3)4)7-11-10(13(14)16)5-6-12(15)17-11/h5-6,8-9,13H,7,16H2,1-4H3/t13-/m1/s1. The summed E-state index contributed by atoms with van der Waals surface area (Å²) in [5.41, 5.74) is 8.87. The van der Waals surface area contributed by atoms with Gasteiger partial charge in [0.15, 0.2) is 0 Å². The zero-order valence-corrected chi connectivity index (χ0v) is 11.8. The number of rotatable bonds is 2. The van der Waals surface area contributed by atoms with Gasteiger partial charge in [-0.05, 0) is 35.3 Å². The highest BCUT2D eigenvalue weighted by molar-refractivity contribution is 6.29. The normalized spacial score (nSPS) is 22.2. The maximum atomic E-state index is 6.49. The number of hydrogen-bond donors (Lipinski definition) is 1. The van der Waals surface area contributed by atoms with E-state index >= 15 is 0 Å². The van der Waals surface area contributed by atoms with Gasteiger partial charge in [-0.1, -0.05) is 45.4 Å². The summed E-state index contributed by atoms with van der Waals surface area (Å²) in [5.74, 6) is 1.07. The summed E-state index contributed by atoms with van der Waals surface area (Å²) in [5, 5.41) is 0.569. The van der Waals surface area contributed by atoms with E-state index in [0.29, 0.717) is 17.0 Å². The summed E-state index contributed by atoms with van der Waals surface area (Å²) in [6.07, 6.45) is 0.944. The number of nitrogens with two attached hydrogens (primary N) is 1. The van der Waals surface area contributed by atoms with Crippen molar-refractivity contribution in [3.8, 4) is 0 Å². The molecule has 0 radical (unpaired) electrons. The summed E-state index contributed by atoms with van der Waals surface area (Å²) >= 11 is 5.97. The van der Waals surface area contributed by atoms with Gasteiger partial charge in [0.1, 0.15) is 5.15 Å². The Morgan fingerprint density at radius 3 is 2.41 bits per heavy atom. The van der Waals surface area contributed by atoms with Gasteiger partial charge >= 0.3 is 0 Å². The van der Waals surface area contributed by atoms with Crippen LogP contribution in [0.5, 0.6) is 0 Å². The van der Waals surface area contributed by atoms with Gasteiger partial charge in [0.2, 0.25) is 0 Å². The third kappa shape index (κ3) is 1.78. The van der Waals surface area contributed by atoms with Gasteiger partial charge in [0.05, 0.1) is 0 Å². The van der Waals surface area contributed by atoms with Crippen molar-refractivity contribution in [3.05, 3.63) is 28.5 Å². The van der Waals surface area contributed by atoms with E-state index in [4.69, 9.17) is 17.3 Å². The van der Waals surface area contributed by atoms with Crippen LogP contribution >= 0.6 is 11.6 Å². The van der Waals surface area contributed by atoms with Crippen molar-refractivity contribution in [2.24, 2.45) is 23.0 Å². The van der Waals surface area contributed by atoms with E-state index in [0.717, 1.165) is 12.1 Å². The predicted molar refractivity (Wildman–Crippen MR) is 72.0 cm³/mol. The molecule has 1 aliphatic carbocycles.